The molecule has 1 aliphatic heterocycles. The highest BCUT2D eigenvalue weighted by Crippen LogP contribution is 2.06. The van der Waals surface area contributed by atoms with Crippen molar-refractivity contribution >= 4 is 5.78 Å². The van der Waals surface area contributed by atoms with Crippen LogP contribution in [0.15, 0.2) is 12.3 Å². The number of carbonyl (C=O) groups is 1. The number of nitrogens with zero attached hydrogens (tertiary/aromatic N) is 2. The molecular formula is C11H17N3O2. The minimum atomic E-state index is -0.262. The van der Waals surface area contributed by atoms with Gasteiger partial charge in [0.25, 0.3) is 0 Å². The van der Waals surface area contributed by atoms with Crippen molar-refractivity contribution < 1.29 is 9.53 Å². The monoisotopic (exact) mass is 223 g/mol. The fraction of sp³-hybridized carbons (Fsp3) is 0.636. The summed E-state index contributed by atoms with van der Waals surface area (Å²) < 4.78 is 7.20. The van der Waals surface area contributed by atoms with Crippen molar-refractivity contribution in [3.63, 3.8) is 0 Å². The second-order valence-corrected chi connectivity index (χ2v) is 3.98. The van der Waals surface area contributed by atoms with E-state index in [0.717, 1.165) is 18.7 Å². The van der Waals surface area contributed by atoms with Crippen LogP contribution >= 0.6 is 0 Å². The zero-order chi connectivity index (χ0) is 11.4. The maximum Gasteiger partial charge on any atom is 0.163 e. The van der Waals surface area contributed by atoms with E-state index in [0.29, 0.717) is 19.6 Å². The second kappa shape index (κ2) is 5.23. The van der Waals surface area contributed by atoms with E-state index in [2.05, 4.69) is 10.4 Å². The van der Waals surface area contributed by atoms with Crippen LogP contribution in [0.2, 0.25) is 0 Å². The van der Waals surface area contributed by atoms with Crippen molar-refractivity contribution in [2.75, 3.05) is 19.7 Å². The lowest BCUT2D eigenvalue weighted by molar-refractivity contribution is -0.131. The van der Waals surface area contributed by atoms with Crippen molar-refractivity contribution in [1.29, 1.82) is 0 Å². The molecule has 0 radical (unpaired) electrons. The first-order chi connectivity index (χ1) is 7.77. The summed E-state index contributed by atoms with van der Waals surface area (Å²) in [4.78, 5) is 11.8. The summed E-state index contributed by atoms with van der Waals surface area (Å²) in [6.07, 6.45) is 2.74. The number of carbonyl (C=O) groups excluding carboxylic acids is 1. The van der Waals surface area contributed by atoms with Gasteiger partial charge in [0, 0.05) is 38.4 Å². The molecule has 0 saturated carbocycles. The number of hydrogen-bond donors (Lipinski definition) is 1. The highest BCUT2D eigenvalue weighted by Gasteiger charge is 2.21. The summed E-state index contributed by atoms with van der Waals surface area (Å²) in [6, 6.07) is 1.94. The number of aromatic nitrogens is 2. The van der Waals surface area contributed by atoms with Gasteiger partial charge in [-0.1, -0.05) is 0 Å². The van der Waals surface area contributed by atoms with Gasteiger partial charge in [0.2, 0.25) is 0 Å². The topological polar surface area (TPSA) is 56.2 Å². The van der Waals surface area contributed by atoms with Gasteiger partial charge in [-0.05, 0) is 12.5 Å². The highest BCUT2D eigenvalue weighted by molar-refractivity contribution is 5.83. The van der Waals surface area contributed by atoms with Gasteiger partial charge < -0.3 is 10.1 Å². The molecule has 88 valence electrons. The number of aryl methyl sites for hydroxylation is 2. The summed E-state index contributed by atoms with van der Waals surface area (Å²) in [5, 5.41) is 7.23. The fourth-order valence-corrected chi connectivity index (χ4v) is 1.83. The number of nitrogens with one attached hydrogen (secondary N) is 1. The van der Waals surface area contributed by atoms with Gasteiger partial charge in [0.05, 0.1) is 6.61 Å². The Morgan fingerprint density at radius 2 is 2.62 bits per heavy atom. The van der Waals surface area contributed by atoms with Gasteiger partial charge in [-0.3, -0.25) is 9.48 Å². The first-order valence-electron chi connectivity index (χ1n) is 5.59. The van der Waals surface area contributed by atoms with Crippen LogP contribution in [0.25, 0.3) is 0 Å². The third-order valence-electron chi connectivity index (χ3n) is 2.84. The third kappa shape index (κ3) is 2.68. The van der Waals surface area contributed by atoms with E-state index in [1.165, 1.54) is 0 Å². The molecule has 1 fully saturated rings. The lowest BCUT2D eigenvalue weighted by atomic mass is 10.1. The Bertz CT molecular complexity index is 356. The lowest BCUT2D eigenvalue weighted by Gasteiger charge is -2.22. The SMILES string of the molecule is Cn1nccc1CCC(=O)C1CNCCO1. The molecule has 0 bridgehead atoms. The van der Waals surface area contributed by atoms with Gasteiger partial charge in [-0.15, -0.1) is 0 Å². The highest BCUT2D eigenvalue weighted by atomic mass is 16.5. The number of hydrogen-bond acceptors (Lipinski definition) is 4. The Morgan fingerprint density at radius 1 is 1.75 bits per heavy atom. The van der Waals surface area contributed by atoms with Gasteiger partial charge in [0.15, 0.2) is 5.78 Å². The fourth-order valence-electron chi connectivity index (χ4n) is 1.83. The van der Waals surface area contributed by atoms with Crippen molar-refractivity contribution in [3.8, 4) is 0 Å². The van der Waals surface area contributed by atoms with E-state index in [-0.39, 0.29) is 11.9 Å². The molecule has 1 N–H and O–H groups in total. The molecule has 2 rings (SSSR count). The van der Waals surface area contributed by atoms with Crippen LogP contribution in [0, 0.1) is 0 Å². The standard InChI is InChI=1S/C11H17N3O2/c1-14-9(4-5-13-14)2-3-10(15)11-8-12-6-7-16-11/h4-5,11-12H,2-3,6-8H2,1H3. The minimum Gasteiger partial charge on any atom is -0.368 e. The van der Waals surface area contributed by atoms with E-state index < -0.39 is 0 Å². The Labute approximate surface area is 94.8 Å². The first-order valence-corrected chi connectivity index (χ1v) is 5.59. The van der Waals surface area contributed by atoms with Crippen LogP contribution in [0.5, 0.6) is 0 Å². The molecule has 0 amide bonds. The zero-order valence-electron chi connectivity index (χ0n) is 9.48. The molecule has 5 nitrogen and oxygen atoms in total. The van der Waals surface area contributed by atoms with Crippen molar-refractivity contribution in [1.82, 2.24) is 15.1 Å². The van der Waals surface area contributed by atoms with E-state index in [9.17, 15) is 4.79 Å². The molecular weight excluding hydrogens is 206 g/mol. The number of morpholine rings is 1. The minimum absolute atomic E-state index is 0.174. The second-order valence-electron chi connectivity index (χ2n) is 3.98. The average molecular weight is 223 g/mol. The molecule has 16 heavy (non-hydrogen) atoms. The largest absolute Gasteiger partial charge is 0.368 e. The van der Waals surface area contributed by atoms with Gasteiger partial charge in [-0.25, -0.2) is 0 Å². The Kier molecular flexibility index (Phi) is 3.69. The lowest BCUT2D eigenvalue weighted by Crippen LogP contribution is -2.43. The van der Waals surface area contributed by atoms with E-state index in [1.54, 1.807) is 10.9 Å². The summed E-state index contributed by atoms with van der Waals surface area (Å²) in [7, 11) is 1.89. The molecule has 1 saturated heterocycles. The van der Waals surface area contributed by atoms with E-state index in [4.69, 9.17) is 4.74 Å². The number of rotatable bonds is 4. The molecule has 0 aromatic carbocycles. The molecule has 5 heteroatoms. The van der Waals surface area contributed by atoms with E-state index >= 15 is 0 Å². The normalized spacial score (nSPS) is 20.9. The number of Topliss-reactive ketones (excluding diaryl/α,β-unsaturated/α-hetero) is 1. The van der Waals surface area contributed by atoms with Crippen LogP contribution in [0.4, 0.5) is 0 Å². The molecule has 1 atom stereocenters. The molecule has 0 spiro atoms. The average Bonchev–Trinajstić information content (AvgIpc) is 2.73. The zero-order valence-corrected chi connectivity index (χ0v) is 9.48. The first kappa shape index (κ1) is 11.3. The Hall–Kier alpha value is -1.20. The van der Waals surface area contributed by atoms with Crippen LogP contribution < -0.4 is 5.32 Å². The predicted octanol–water partition coefficient (Wildman–Crippen LogP) is -0.0898. The third-order valence-corrected chi connectivity index (χ3v) is 2.84. The maximum atomic E-state index is 11.8. The van der Waals surface area contributed by atoms with E-state index in [1.807, 2.05) is 13.1 Å². The van der Waals surface area contributed by atoms with Crippen molar-refractivity contribution in [2.45, 2.75) is 18.9 Å². The van der Waals surface area contributed by atoms with Gasteiger partial charge in [0.1, 0.15) is 6.10 Å². The van der Waals surface area contributed by atoms with Crippen molar-refractivity contribution in [3.05, 3.63) is 18.0 Å². The van der Waals surface area contributed by atoms with Crippen LogP contribution in [0.1, 0.15) is 12.1 Å². The van der Waals surface area contributed by atoms with Gasteiger partial charge in [-0.2, -0.15) is 5.10 Å². The smallest absolute Gasteiger partial charge is 0.163 e. The van der Waals surface area contributed by atoms with Gasteiger partial charge >= 0.3 is 0 Å². The summed E-state index contributed by atoms with van der Waals surface area (Å²) >= 11 is 0. The Balaban J connectivity index is 1.81. The van der Waals surface area contributed by atoms with Crippen molar-refractivity contribution in [2.24, 2.45) is 7.05 Å². The Morgan fingerprint density at radius 3 is 3.25 bits per heavy atom. The molecule has 1 aliphatic rings. The maximum absolute atomic E-state index is 11.8. The summed E-state index contributed by atoms with van der Waals surface area (Å²) in [5.74, 6) is 0.174. The predicted molar refractivity (Wildman–Crippen MR) is 59.1 cm³/mol. The molecule has 1 unspecified atom stereocenters. The quantitative estimate of drug-likeness (QED) is 0.775. The molecule has 2 heterocycles. The van der Waals surface area contributed by atoms with Crippen LogP contribution in [-0.4, -0.2) is 41.4 Å². The number of ether oxygens (including phenoxy) is 1. The molecule has 1 aromatic heterocycles. The van der Waals surface area contributed by atoms with Crippen LogP contribution in [-0.2, 0) is 23.0 Å². The molecule has 1 aromatic rings. The molecule has 0 aliphatic carbocycles. The number of ketones is 1. The summed E-state index contributed by atoms with van der Waals surface area (Å²) in [5.41, 5.74) is 1.08. The van der Waals surface area contributed by atoms with Crippen LogP contribution in [0.3, 0.4) is 0 Å². The summed E-state index contributed by atoms with van der Waals surface area (Å²) in [6.45, 7) is 2.11.